The molecule has 71 heavy (non-hydrogen) atoms. The Morgan fingerprint density at radius 2 is 1.63 bits per heavy atom. The molecule has 6 aliphatic heterocycles. The quantitative estimate of drug-likeness (QED) is 0.152. The Balaban J connectivity index is 1.10. The summed E-state index contributed by atoms with van der Waals surface area (Å²) in [5.74, 6) is -2.38. The number of aliphatic hydroxyl groups is 2. The molecule has 16 nitrogen and oxygen atoms in total. The number of carbonyl (C=O) groups is 2. The minimum Gasteiger partial charge on any atom is -0.462 e. The monoisotopic (exact) mass is 994 g/mol. The van der Waals surface area contributed by atoms with Crippen molar-refractivity contribution in [3.05, 3.63) is 77.4 Å². The summed E-state index contributed by atoms with van der Waals surface area (Å²) in [6.45, 7) is 16.2. The smallest absolute Gasteiger partial charge is 0.412 e. The summed E-state index contributed by atoms with van der Waals surface area (Å²) < 4.78 is 70.7. The number of amides is 1. The Morgan fingerprint density at radius 1 is 0.915 bits per heavy atom. The van der Waals surface area contributed by atoms with E-state index >= 15 is 0 Å². The average Bonchev–Trinajstić information content (AvgIpc) is 3.68. The highest BCUT2D eigenvalue weighted by Crippen LogP contribution is 2.49. The fraction of sp³-hybridized carbons (Fsp3) is 0.709. The van der Waals surface area contributed by atoms with Crippen LogP contribution in [0.15, 0.2) is 77.4 Å². The summed E-state index contributed by atoms with van der Waals surface area (Å²) >= 11 is 0. The number of nitrogens with one attached hydrogen (secondary N) is 1. The predicted molar refractivity (Wildman–Crippen MR) is 262 cm³/mol. The van der Waals surface area contributed by atoms with Crippen LogP contribution in [-0.2, 0) is 56.9 Å². The van der Waals surface area contributed by atoms with E-state index in [4.69, 9.17) is 52.1 Å². The Hall–Kier alpha value is -3.52. The fourth-order valence-corrected chi connectivity index (χ4v) is 11.9. The second kappa shape index (κ2) is 22.9. The van der Waals surface area contributed by atoms with Crippen LogP contribution in [0.1, 0.15) is 107 Å². The summed E-state index contributed by atoms with van der Waals surface area (Å²) in [4.78, 5) is 28.2. The number of esters is 1. The molecule has 0 aromatic heterocycles. The topological polar surface area (TPSA) is 188 Å². The van der Waals surface area contributed by atoms with E-state index in [0.29, 0.717) is 61.3 Å². The van der Waals surface area contributed by atoms with E-state index in [1.165, 1.54) is 0 Å². The van der Waals surface area contributed by atoms with E-state index < -0.39 is 103 Å². The molecule has 1 aromatic carbocycles. The Labute approximate surface area is 419 Å². The van der Waals surface area contributed by atoms with Crippen LogP contribution in [0, 0.1) is 23.7 Å². The molecule has 0 saturated carbocycles. The third-order valence-electron chi connectivity index (χ3n) is 16.2. The first-order chi connectivity index (χ1) is 33.9. The summed E-state index contributed by atoms with van der Waals surface area (Å²) in [7, 11) is 3.22. The maximum Gasteiger partial charge on any atom is 0.412 e. The molecule has 3 N–H and O–H groups in total. The average molecular weight is 994 g/mol. The van der Waals surface area contributed by atoms with E-state index in [9.17, 15) is 19.8 Å². The highest BCUT2D eigenvalue weighted by atomic mass is 16.7. The highest BCUT2D eigenvalue weighted by Gasteiger charge is 2.61. The third-order valence-corrected chi connectivity index (χ3v) is 16.2. The van der Waals surface area contributed by atoms with Gasteiger partial charge in [-0.2, -0.15) is 0 Å². The van der Waals surface area contributed by atoms with Crippen LogP contribution in [-0.4, -0.2) is 140 Å². The molecule has 394 valence electrons. The Kier molecular flexibility index (Phi) is 17.4. The van der Waals surface area contributed by atoms with Gasteiger partial charge in [-0.05, 0) is 81.2 Å². The number of fused-ring (bicyclic) bond motifs is 2. The van der Waals surface area contributed by atoms with Crippen molar-refractivity contribution in [1.82, 2.24) is 0 Å². The van der Waals surface area contributed by atoms with Gasteiger partial charge in [-0.3, -0.25) is 10.1 Å². The molecule has 0 unspecified atom stereocenters. The van der Waals surface area contributed by atoms with Crippen LogP contribution < -0.4 is 5.32 Å². The maximum absolute atomic E-state index is 14.8. The normalized spacial score (nSPS) is 44.4. The Morgan fingerprint density at radius 3 is 2.37 bits per heavy atom. The lowest BCUT2D eigenvalue weighted by molar-refractivity contribution is -0.340. The van der Waals surface area contributed by atoms with Crippen molar-refractivity contribution in [2.75, 3.05) is 26.1 Å². The van der Waals surface area contributed by atoms with E-state index in [0.717, 1.165) is 18.4 Å². The van der Waals surface area contributed by atoms with Gasteiger partial charge in [0.05, 0.1) is 49.3 Å². The second-order valence-corrected chi connectivity index (χ2v) is 21.2. The molecule has 2 bridgehead atoms. The van der Waals surface area contributed by atoms with E-state index in [2.05, 4.69) is 39.1 Å². The number of carbonyl (C=O) groups excluding carboxylic acids is 2. The molecule has 1 amide bonds. The van der Waals surface area contributed by atoms with Crippen molar-refractivity contribution in [2.45, 2.75) is 204 Å². The zero-order chi connectivity index (χ0) is 50.8. The van der Waals surface area contributed by atoms with Gasteiger partial charge >= 0.3 is 12.1 Å². The number of hydrogen-bond donors (Lipinski definition) is 3. The molecule has 20 atom stereocenters. The number of para-hydroxylation sites is 1. The van der Waals surface area contributed by atoms with Crippen LogP contribution >= 0.6 is 0 Å². The van der Waals surface area contributed by atoms with Crippen LogP contribution in [0.2, 0.25) is 0 Å². The van der Waals surface area contributed by atoms with Gasteiger partial charge in [0.15, 0.2) is 24.5 Å². The van der Waals surface area contributed by atoms with Gasteiger partial charge in [0.25, 0.3) is 0 Å². The lowest BCUT2D eigenvalue weighted by Crippen LogP contribution is -2.59. The number of allylic oxidation sites excluding steroid dienone is 2. The standard InChI is InChI=1S/C55H79NO15/c1-11-30(2)48-33(5)22-23-54(71-48)28-40-25-39(70-54)21-20-32(4)47(67-45-27-43(62-10)50(36(8)65-45)68-44-26-42(61-9)46(57)35(7)64-44)31(3)16-15-17-37-29-63-51-49(69-53(59)56-38-18-13-12-14-19-38)34(6)24-41(52(58)66-40)55(37,51)60/h12-20,24,30-31,33,35-36,39-51,57,60H,11,21-23,25-29H2,1-10H3,(H,56,59)/b16-15+,32-20+,37-17+/t30-,31-,33-,35-,36-,39+,40-,41-,42-,43-,44-,45-,46-,47-,48+,49+,50-,51+,54+,55+/m0/s1. The van der Waals surface area contributed by atoms with Crippen molar-refractivity contribution in [1.29, 1.82) is 0 Å². The van der Waals surface area contributed by atoms with Gasteiger partial charge in [0.1, 0.15) is 35.9 Å². The lowest BCUT2D eigenvalue weighted by Gasteiger charge is -2.51. The zero-order valence-electron chi connectivity index (χ0n) is 43.2. The minimum atomic E-state index is -1.93. The summed E-state index contributed by atoms with van der Waals surface area (Å²) in [6, 6.07) is 8.94. The van der Waals surface area contributed by atoms with Crippen LogP contribution in [0.25, 0.3) is 0 Å². The Bertz CT molecular complexity index is 2110. The maximum atomic E-state index is 14.8. The first kappa shape index (κ1) is 53.8. The molecule has 0 radical (unpaired) electrons. The second-order valence-electron chi connectivity index (χ2n) is 21.2. The van der Waals surface area contributed by atoms with E-state index in [-0.39, 0.29) is 30.7 Å². The third kappa shape index (κ3) is 11.7. The molecular weight excluding hydrogens is 915 g/mol. The number of hydrogen-bond acceptors (Lipinski definition) is 15. The molecule has 1 spiro atoms. The molecule has 1 aliphatic carbocycles. The van der Waals surface area contributed by atoms with Gasteiger partial charge < -0.3 is 62.3 Å². The molecule has 1 aromatic rings. The van der Waals surface area contributed by atoms with Gasteiger partial charge in [0.2, 0.25) is 0 Å². The number of benzene rings is 1. The first-order valence-corrected chi connectivity index (χ1v) is 26.0. The molecule has 8 rings (SSSR count). The largest absolute Gasteiger partial charge is 0.462 e. The van der Waals surface area contributed by atoms with Crippen LogP contribution in [0.3, 0.4) is 0 Å². The van der Waals surface area contributed by atoms with Crippen molar-refractivity contribution >= 4 is 17.7 Å². The van der Waals surface area contributed by atoms with Gasteiger partial charge in [-0.1, -0.05) is 82.7 Å². The summed E-state index contributed by atoms with van der Waals surface area (Å²) in [5.41, 5.74) is 0.556. The SMILES string of the molecule is CC[C@H](C)[C@H]1O[C@]2(CC[C@@H]1C)C[C@@H]1C[C@@H](C/C=C(\C)[C@@H](O[C@H]3C[C@H](OC)[C@@H](O[C@H]4C[C@H](OC)[C@@H](O)[C@H](C)O4)[C@H](C)O3)[C@@H](C)/C=C/C=C3\CO[C@@H]4[C@H](OC(=O)Nc5ccccc5)C(C)=C[C@@H](C(=O)O1)[C@]34O)O2. The molecule has 5 saturated heterocycles. The minimum absolute atomic E-state index is 0.0255. The number of methoxy groups -OCH3 is 2. The zero-order valence-corrected chi connectivity index (χ0v) is 43.2. The molecular formula is C55H79NO15. The summed E-state index contributed by atoms with van der Waals surface area (Å²) in [5, 5.41) is 26.4. The van der Waals surface area contributed by atoms with Crippen LogP contribution in [0.4, 0.5) is 10.5 Å². The first-order valence-electron chi connectivity index (χ1n) is 26.0. The fourth-order valence-electron chi connectivity index (χ4n) is 11.9. The molecule has 5 fully saturated rings. The van der Waals surface area contributed by atoms with Gasteiger partial charge in [-0.15, -0.1) is 0 Å². The molecule has 16 heteroatoms. The number of aliphatic hydroxyl groups excluding tert-OH is 1. The van der Waals surface area contributed by atoms with Gasteiger partial charge in [0, 0.05) is 57.9 Å². The van der Waals surface area contributed by atoms with Crippen LogP contribution in [0.5, 0.6) is 0 Å². The summed E-state index contributed by atoms with van der Waals surface area (Å²) in [6.07, 6.45) is 5.22. The molecule has 6 heterocycles. The van der Waals surface area contributed by atoms with Crippen molar-refractivity contribution in [3.63, 3.8) is 0 Å². The number of anilines is 1. The van der Waals surface area contributed by atoms with Crippen molar-refractivity contribution in [3.8, 4) is 0 Å². The number of ether oxygens (including phenoxy) is 11. The lowest BCUT2D eigenvalue weighted by atomic mass is 9.70. The number of rotatable bonds is 10. The van der Waals surface area contributed by atoms with Crippen molar-refractivity contribution in [2.24, 2.45) is 23.7 Å². The van der Waals surface area contributed by atoms with Crippen molar-refractivity contribution < 1.29 is 71.9 Å². The van der Waals surface area contributed by atoms with E-state index in [1.54, 1.807) is 64.5 Å². The predicted octanol–water partition coefficient (Wildman–Crippen LogP) is 7.86. The molecule has 7 aliphatic rings. The highest BCUT2D eigenvalue weighted by molar-refractivity contribution is 5.85. The van der Waals surface area contributed by atoms with E-state index in [1.807, 2.05) is 32.1 Å². The van der Waals surface area contributed by atoms with Gasteiger partial charge in [-0.25, -0.2) is 4.79 Å².